The minimum Gasteiger partial charge on any atom is -0.489 e. The molecule has 0 saturated heterocycles. The number of aliphatic hydroxyl groups is 1. The molecule has 5 heteroatoms. The molecule has 2 aromatic carbocycles. The highest BCUT2D eigenvalue weighted by Gasteiger charge is 2.15. The molecule has 1 N–H and O–H groups in total. The maximum Gasteiger partial charge on any atom is 0.287 e. The van der Waals surface area contributed by atoms with Crippen LogP contribution >= 0.6 is 0 Å². The molecule has 3 rings (SSSR count). The van der Waals surface area contributed by atoms with Crippen LogP contribution in [0.2, 0.25) is 0 Å². The van der Waals surface area contributed by atoms with Crippen molar-refractivity contribution in [3.8, 4) is 17.6 Å². The molecule has 1 aliphatic carbocycles. The number of rotatable bonds is 7. The number of carbonyl (C=O) groups excluding carboxylic acids is 1. The van der Waals surface area contributed by atoms with Gasteiger partial charge < -0.3 is 9.84 Å². The van der Waals surface area contributed by atoms with Gasteiger partial charge in [0.1, 0.15) is 12.4 Å². The van der Waals surface area contributed by atoms with Gasteiger partial charge in [-0.2, -0.15) is 0 Å². The summed E-state index contributed by atoms with van der Waals surface area (Å²) in [7, 11) is 0. The van der Waals surface area contributed by atoms with E-state index in [9.17, 15) is 14.8 Å². The zero-order valence-corrected chi connectivity index (χ0v) is 17.0. The Morgan fingerprint density at radius 2 is 2.07 bits per heavy atom. The average Bonchev–Trinajstić information content (AvgIpc) is 2.78. The molecule has 0 aromatic heterocycles. The Morgan fingerprint density at radius 3 is 2.73 bits per heavy atom. The Kier molecular flexibility index (Phi) is 7.53. The molecule has 0 saturated carbocycles. The maximum atomic E-state index is 11.4. The molecule has 1 aliphatic rings. The van der Waals surface area contributed by atoms with E-state index in [1.807, 2.05) is 36.4 Å². The fourth-order valence-electron chi connectivity index (χ4n) is 3.54. The first kappa shape index (κ1) is 21.5. The van der Waals surface area contributed by atoms with E-state index in [0.717, 1.165) is 24.0 Å². The van der Waals surface area contributed by atoms with Crippen molar-refractivity contribution in [2.24, 2.45) is 5.18 Å². The summed E-state index contributed by atoms with van der Waals surface area (Å²) in [6.45, 7) is 2.14. The van der Waals surface area contributed by atoms with E-state index in [4.69, 9.17) is 4.74 Å². The first-order valence-electron chi connectivity index (χ1n) is 10.1. The van der Waals surface area contributed by atoms with Crippen LogP contribution in [0.15, 0.2) is 59.8 Å². The Labute approximate surface area is 176 Å². The second-order valence-corrected chi connectivity index (χ2v) is 7.35. The second kappa shape index (κ2) is 10.5. The van der Waals surface area contributed by atoms with Crippen LogP contribution in [0.1, 0.15) is 55.2 Å². The number of aliphatic hydroxyl groups excluding tert-OH is 1. The summed E-state index contributed by atoms with van der Waals surface area (Å²) >= 11 is 0. The van der Waals surface area contributed by atoms with Crippen LogP contribution in [0.5, 0.6) is 5.75 Å². The van der Waals surface area contributed by atoms with Crippen molar-refractivity contribution >= 4 is 11.5 Å². The summed E-state index contributed by atoms with van der Waals surface area (Å²) in [6, 6.07) is 15.7. The van der Waals surface area contributed by atoms with Gasteiger partial charge in [0.25, 0.3) is 5.91 Å². The summed E-state index contributed by atoms with van der Waals surface area (Å²) in [4.78, 5) is 21.8. The number of nitrogens with zero attached hydrogens (tertiary/aromatic N) is 1. The highest BCUT2D eigenvalue weighted by atomic mass is 16.5. The van der Waals surface area contributed by atoms with Gasteiger partial charge in [-0.05, 0) is 66.6 Å². The Morgan fingerprint density at radius 1 is 1.27 bits per heavy atom. The van der Waals surface area contributed by atoms with Crippen LogP contribution in [-0.2, 0) is 11.4 Å². The number of ether oxygens (including phenoxy) is 1. The van der Waals surface area contributed by atoms with Crippen LogP contribution in [-0.4, -0.2) is 17.1 Å². The van der Waals surface area contributed by atoms with Gasteiger partial charge >= 0.3 is 0 Å². The van der Waals surface area contributed by atoms with E-state index in [2.05, 4.69) is 35.2 Å². The fourth-order valence-corrected chi connectivity index (χ4v) is 3.54. The third-order valence-corrected chi connectivity index (χ3v) is 5.17. The predicted molar refractivity (Wildman–Crippen MR) is 117 cm³/mol. The maximum absolute atomic E-state index is 11.4. The molecule has 1 amide bonds. The number of carbonyl (C=O) groups is 1. The molecule has 0 heterocycles. The SMILES string of the molecule is CC#CC(CC(=O)N=O)c1ccc(OCc2cccc(C3=CCC(O)CC3)c2)cc1. The van der Waals surface area contributed by atoms with Gasteiger partial charge in [0.2, 0.25) is 0 Å². The standard InChI is InChI=1S/C25H25NO4/c1-2-4-21(16-25(28)26-29)20-9-13-24(14-10-20)30-17-18-5-3-6-22(15-18)19-7-11-23(27)12-8-19/h3,5-7,9-10,13-15,21,23,27H,8,11-12,16-17H2,1H3. The number of hydrogen-bond acceptors (Lipinski definition) is 4. The van der Waals surface area contributed by atoms with E-state index < -0.39 is 5.91 Å². The normalized spacial score (nSPS) is 16.6. The molecule has 2 atom stereocenters. The molecule has 2 aromatic rings. The Bertz CT molecular complexity index is 982. The highest BCUT2D eigenvalue weighted by molar-refractivity contribution is 5.78. The number of benzene rings is 2. The van der Waals surface area contributed by atoms with Crippen molar-refractivity contribution in [3.05, 3.63) is 76.2 Å². The number of amides is 1. The smallest absolute Gasteiger partial charge is 0.287 e. The number of nitroso groups, excluding NO2 is 1. The minimum atomic E-state index is -0.703. The van der Waals surface area contributed by atoms with Gasteiger partial charge in [-0.1, -0.05) is 42.3 Å². The van der Waals surface area contributed by atoms with Gasteiger partial charge in [-0.25, -0.2) is 0 Å². The lowest BCUT2D eigenvalue weighted by Gasteiger charge is -2.18. The zero-order chi connectivity index (χ0) is 21.3. The van der Waals surface area contributed by atoms with Crippen LogP contribution < -0.4 is 4.74 Å². The van der Waals surface area contributed by atoms with Crippen molar-refractivity contribution in [2.75, 3.05) is 0 Å². The Balaban J connectivity index is 1.63. The van der Waals surface area contributed by atoms with E-state index >= 15 is 0 Å². The van der Waals surface area contributed by atoms with E-state index in [0.29, 0.717) is 18.8 Å². The molecule has 2 unspecified atom stereocenters. The number of hydrogen-bond donors (Lipinski definition) is 1. The van der Waals surface area contributed by atoms with Crippen LogP contribution in [0, 0.1) is 16.7 Å². The van der Waals surface area contributed by atoms with Gasteiger partial charge in [0.15, 0.2) is 0 Å². The summed E-state index contributed by atoms with van der Waals surface area (Å²) < 4.78 is 5.92. The van der Waals surface area contributed by atoms with E-state index in [-0.39, 0.29) is 18.4 Å². The molecule has 0 aliphatic heterocycles. The molecule has 30 heavy (non-hydrogen) atoms. The second-order valence-electron chi connectivity index (χ2n) is 7.35. The molecule has 0 spiro atoms. The minimum absolute atomic E-state index is 0.0236. The molecular weight excluding hydrogens is 378 g/mol. The van der Waals surface area contributed by atoms with Crippen molar-refractivity contribution in [2.45, 2.75) is 51.2 Å². The third-order valence-electron chi connectivity index (χ3n) is 5.17. The molecule has 154 valence electrons. The van der Waals surface area contributed by atoms with Crippen molar-refractivity contribution in [3.63, 3.8) is 0 Å². The average molecular weight is 403 g/mol. The van der Waals surface area contributed by atoms with Crippen molar-refractivity contribution in [1.82, 2.24) is 0 Å². The molecule has 5 nitrogen and oxygen atoms in total. The van der Waals surface area contributed by atoms with Gasteiger partial charge in [0.05, 0.1) is 18.4 Å². The molecule has 0 bridgehead atoms. The quantitative estimate of drug-likeness (QED) is 0.522. The van der Waals surface area contributed by atoms with Crippen molar-refractivity contribution < 1.29 is 14.6 Å². The van der Waals surface area contributed by atoms with Gasteiger partial charge in [-0.3, -0.25) is 4.79 Å². The first-order valence-corrected chi connectivity index (χ1v) is 10.1. The summed E-state index contributed by atoms with van der Waals surface area (Å²) in [5, 5.41) is 12.1. The van der Waals surface area contributed by atoms with Gasteiger partial charge in [0, 0.05) is 5.18 Å². The van der Waals surface area contributed by atoms with Crippen LogP contribution in [0.4, 0.5) is 0 Å². The monoisotopic (exact) mass is 403 g/mol. The molecular formula is C25H25NO4. The molecule has 0 radical (unpaired) electrons. The molecule has 0 fully saturated rings. The lowest BCUT2D eigenvalue weighted by molar-refractivity contribution is -0.118. The largest absolute Gasteiger partial charge is 0.489 e. The summed E-state index contributed by atoms with van der Waals surface area (Å²) in [5.41, 5.74) is 4.37. The lowest BCUT2D eigenvalue weighted by atomic mass is 9.91. The van der Waals surface area contributed by atoms with E-state index in [1.165, 1.54) is 11.1 Å². The van der Waals surface area contributed by atoms with Gasteiger partial charge in [-0.15, -0.1) is 10.8 Å². The van der Waals surface area contributed by atoms with E-state index in [1.54, 1.807) is 6.92 Å². The summed E-state index contributed by atoms with van der Waals surface area (Å²) in [6.07, 6.45) is 4.27. The topological polar surface area (TPSA) is 76.0 Å². The predicted octanol–water partition coefficient (Wildman–Crippen LogP) is 4.98. The van der Waals surface area contributed by atoms with Crippen LogP contribution in [0.25, 0.3) is 5.57 Å². The van der Waals surface area contributed by atoms with Crippen molar-refractivity contribution in [1.29, 1.82) is 0 Å². The zero-order valence-electron chi connectivity index (χ0n) is 17.0. The van der Waals surface area contributed by atoms with Crippen LogP contribution in [0.3, 0.4) is 0 Å². The summed E-state index contributed by atoms with van der Waals surface area (Å²) in [5.74, 6) is 5.40. The Hall–Kier alpha value is -3.23. The fraction of sp³-hybridized carbons (Fsp3) is 0.320. The number of allylic oxidation sites excluding steroid dienone is 1. The first-order chi connectivity index (χ1) is 14.6. The highest BCUT2D eigenvalue weighted by Crippen LogP contribution is 2.28. The third kappa shape index (κ3) is 5.88. The lowest BCUT2D eigenvalue weighted by Crippen LogP contribution is -2.09.